The summed E-state index contributed by atoms with van der Waals surface area (Å²) >= 11 is 0. The highest BCUT2D eigenvalue weighted by atomic mass is 16.1. The Labute approximate surface area is 111 Å². The molecule has 1 aromatic carbocycles. The summed E-state index contributed by atoms with van der Waals surface area (Å²) < 4.78 is 1.78. The molecule has 1 aliphatic heterocycles. The molecule has 1 aliphatic rings. The van der Waals surface area contributed by atoms with Crippen LogP contribution in [0.5, 0.6) is 0 Å². The number of rotatable bonds is 3. The Morgan fingerprint density at radius 3 is 2.84 bits per heavy atom. The van der Waals surface area contributed by atoms with Gasteiger partial charge in [-0.05, 0) is 43.3 Å². The number of hydrogen-bond donors (Lipinski definition) is 2. The summed E-state index contributed by atoms with van der Waals surface area (Å²) in [6, 6.07) is 9.56. The van der Waals surface area contributed by atoms with Crippen LogP contribution >= 0.6 is 0 Å². The summed E-state index contributed by atoms with van der Waals surface area (Å²) in [7, 11) is 0. The number of amides is 1. The zero-order valence-electron chi connectivity index (χ0n) is 10.5. The summed E-state index contributed by atoms with van der Waals surface area (Å²) in [5.41, 5.74) is 1.80. The molecule has 0 saturated carbocycles. The van der Waals surface area contributed by atoms with Gasteiger partial charge >= 0.3 is 0 Å². The monoisotopic (exact) mass is 256 g/mol. The van der Waals surface area contributed by atoms with Crippen LogP contribution in [0.2, 0.25) is 0 Å². The van der Waals surface area contributed by atoms with Crippen LogP contribution < -0.4 is 10.6 Å². The standard InChI is InChI=1S/C14H16N4O/c19-14(11-6-8-15-10-11)17-12-2-4-13(5-3-12)18-9-1-7-16-18/h1-5,7,9,11,15H,6,8,10H2,(H,17,19). The van der Waals surface area contributed by atoms with Crippen LogP contribution in [-0.2, 0) is 4.79 Å². The quantitative estimate of drug-likeness (QED) is 0.873. The van der Waals surface area contributed by atoms with E-state index in [2.05, 4.69) is 15.7 Å². The van der Waals surface area contributed by atoms with E-state index in [1.165, 1.54) is 0 Å². The van der Waals surface area contributed by atoms with Gasteiger partial charge in [0.1, 0.15) is 0 Å². The molecule has 0 radical (unpaired) electrons. The zero-order chi connectivity index (χ0) is 13.1. The summed E-state index contributed by atoms with van der Waals surface area (Å²) in [6.07, 6.45) is 4.54. The van der Waals surface area contributed by atoms with Crippen molar-refractivity contribution in [3.05, 3.63) is 42.7 Å². The van der Waals surface area contributed by atoms with Gasteiger partial charge in [-0.1, -0.05) is 0 Å². The minimum atomic E-state index is 0.0887. The molecule has 2 aromatic rings. The predicted molar refractivity (Wildman–Crippen MR) is 73.2 cm³/mol. The van der Waals surface area contributed by atoms with Crippen molar-refractivity contribution in [2.45, 2.75) is 6.42 Å². The van der Waals surface area contributed by atoms with Crippen LogP contribution in [0, 0.1) is 5.92 Å². The molecule has 19 heavy (non-hydrogen) atoms. The number of carbonyl (C=O) groups excluding carboxylic acids is 1. The molecule has 3 rings (SSSR count). The first kappa shape index (κ1) is 11.9. The van der Waals surface area contributed by atoms with Crippen molar-refractivity contribution in [2.24, 2.45) is 5.92 Å². The Bertz CT molecular complexity index is 541. The van der Waals surface area contributed by atoms with Gasteiger partial charge in [-0.3, -0.25) is 4.79 Å². The second-order valence-corrected chi connectivity index (χ2v) is 4.68. The Morgan fingerprint density at radius 2 is 2.21 bits per heavy atom. The number of anilines is 1. The first-order valence-electron chi connectivity index (χ1n) is 6.44. The summed E-state index contributed by atoms with van der Waals surface area (Å²) in [5.74, 6) is 0.183. The third-order valence-electron chi connectivity index (χ3n) is 3.33. The van der Waals surface area contributed by atoms with Crippen molar-refractivity contribution in [1.82, 2.24) is 15.1 Å². The van der Waals surface area contributed by atoms with Crippen molar-refractivity contribution in [1.29, 1.82) is 0 Å². The Morgan fingerprint density at radius 1 is 1.37 bits per heavy atom. The van der Waals surface area contributed by atoms with Crippen molar-refractivity contribution in [3.63, 3.8) is 0 Å². The van der Waals surface area contributed by atoms with E-state index in [-0.39, 0.29) is 11.8 Å². The van der Waals surface area contributed by atoms with Crippen LogP contribution in [0.25, 0.3) is 5.69 Å². The van der Waals surface area contributed by atoms with Gasteiger partial charge in [0, 0.05) is 24.6 Å². The first-order valence-corrected chi connectivity index (χ1v) is 6.44. The molecule has 5 nitrogen and oxygen atoms in total. The van der Waals surface area contributed by atoms with E-state index in [4.69, 9.17) is 0 Å². The molecule has 0 bridgehead atoms. The Balaban J connectivity index is 1.67. The lowest BCUT2D eigenvalue weighted by Gasteiger charge is -2.10. The molecule has 1 atom stereocenters. The topological polar surface area (TPSA) is 59.0 Å². The highest BCUT2D eigenvalue weighted by molar-refractivity contribution is 5.92. The Hall–Kier alpha value is -2.14. The molecule has 1 aromatic heterocycles. The third-order valence-corrected chi connectivity index (χ3v) is 3.33. The predicted octanol–water partition coefficient (Wildman–Crippen LogP) is 1.42. The summed E-state index contributed by atoms with van der Waals surface area (Å²) in [6.45, 7) is 1.70. The second kappa shape index (κ2) is 5.24. The van der Waals surface area contributed by atoms with Crippen molar-refractivity contribution < 1.29 is 4.79 Å². The molecule has 0 aliphatic carbocycles. The third kappa shape index (κ3) is 2.66. The van der Waals surface area contributed by atoms with Gasteiger partial charge in [-0.15, -0.1) is 0 Å². The van der Waals surface area contributed by atoms with E-state index in [1.54, 1.807) is 10.9 Å². The lowest BCUT2D eigenvalue weighted by molar-refractivity contribution is -0.119. The van der Waals surface area contributed by atoms with Gasteiger partial charge < -0.3 is 10.6 Å². The second-order valence-electron chi connectivity index (χ2n) is 4.68. The highest BCUT2D eigenvalue weighted by Gasteiger charge is 2.22. The van der Waals surface area contributed by atoms with E-state index in [9.17, 15) is 4.79 Å². The number of nitrogens with zero attached hydrogens (tertiary/aromatic N) is 2. The lowest BCUT2D eigenvalue weighted by Crippen LogP contribution is -2.24. The van der Waals surface area contributed by atoms with Crippen molar-refractivity contribution in [3.8, 4) is 5.69 Å². The number of nitrogens with one attached hydrogen (secondary N) is 2. The smallest absolute Gasteiger partial charge is 0.228 e. The van der Waals surface area contributed by atoms with Crippen LogP contribution in [0.4, 0.5) is 5.69 Å². The molecule has 1 unspecified atom stereocenters. The molecule has 2 heterocycles. The lowest BCUT2D eigenvalue weighted by atomic mass is 10.1. The van der Waals surface area contributed by atoms with Gasteiger partial charge in [-0.25, -0.2) is 4.68 Å². The van der Waals surface area contributed by atoms with Crippen LogP contribution in [-0.4, -0.2) is 28.8 Å². The highest BCUT2D eigenvalue weighted by Crippen LogP contribution is 2.15. The van der Waals surface area contributed by atoms with Gasteiger partial charge in [0.05, 0.1) is 11.6 Å². The minimum absolute atomic E-state index is 0.0887. The molecule has 2 N–H and O–H groups in total. The number of hydrogen-bond acceptors (Lipinski definition) is 3. The fraction of sp³-hybridized carbons (Fsp3) is 0.286. The maximum Gasteiger partial charge on any atom is 0.228 e. The van der Waals surface area contributed by atoms with Crippen LogP contribution in [0.15, 0.2) is 42.7 Å². The number of carbonyl (C=O) groups is 1. The fourth-order valence-corrected chi connectivity index (χ4v) is 2.24. The minimum Gasteiger partial charge on any atom is -0.326 e. The van der Waals surface area contributed by atoms with Gasteiger partial charge in [-0.2, -0.15) is 5.10 Å². The average Bonchev–Trinajstić information content (AvgIpc) is 3.13. The molecule has 1 fully saturated rings. The molecular weight excluding hydrogens is 240 g/mol. The van der Waals surface area contributed by atoms with Crippen LogP contribution in [0.1, 0.15) is 6.42 Å². The van der Waals surface area contributed by atoms with Crippen molar-refractivity contribution >= 4 is 11.6 Å². The Kier molecular flexibility index (Phi) is 3.29. The molecule has 0 spiro atoms. The maximum atomic E-state index is 12.0. The maximum absolute atomic E-state index is 12.0. The SMILES string of the molecule is O=C(Nc1ccc(-n2cccn2)cc1)C1CCNC1. The molecule has 1 saturated heterocycles. The van der Waals surface area contributed by atoms with E-state index in [0.29, 0.717) is 0 Å². The number of aromatic nitrogens is 2. The molecule has 98 valence electrons. The molecule has 5 heteroatoms. The van der Waals surface area contributed by atoms with Gasteiger partial charge in [0.2, 0.25) is 5.91 Å². The summed E-state index contributed by atoms with van der Waals surface area (Å²) in [4.78, 5) is 12.0. The normalized spacial score (nSPS) is 18.4. The van der Waals surface area contributed by atoms with E-state index < -0.39 is 0 Å². The average molecular weight is 256 g/mol. The largest absolute Gasteiger partial charge is 0.326 e. The van der Waals surface area contributed by atoms with Gasteiger partial charge in [0.15, 0.2) is 0 Å². The number of benzene rings is 1. The fourth-order valence-electron chi connectivity index (χ4n) is 2.24. The van der Waals surface area contributed by atoms with Crippen molar-refractivity contribution in [2.75, 3.05) is 18.4 Å². The van der Waals surface area contributed by atoms with Gasteiger partial charge in [0.25, 0.3) is 0 Å². The van der Waals surface area contributed by atoms with E-state index in [1.807, 2.05) is 36.5 Å². The van der Waals surface area contributed by atoms with Crippen LogP contribution in [0.3, 0.4) is 0 Å². The molecule has 1 amide bonds. The van der Waals surface area contributed by atoms with E-state index in [0.717, 1.165) is 30.9 Å². The van der Waals surface area contributed by atoms with E-state index >= 15 is 0 Å². The first-order chi connectivity index (χ1) is 9.33. The summed E-state index contributed by atoms with van der Waals surface area (Å²) in [5, 5.41) is 10.3. The molecular formula is C14H16N4O. The zero-order valence-corrected chi connectivity index (χ0v) is 10.5.